The minimum absolute atomic E-state index is 0.0568. The Morgan fingerprint density at radius 1 is 1.40 bits per heavy atom. The van der Waals surface area contributed by atoms with E-state index in [2.05, 4.69) is 10.3 Å². The maximum absolute atomic E-state index is 11.7. The van der Waals surface area contributed by atoms with E-state index in [0.717, 1.165) is 23.0 Å². The van der Waals surface area contributed by atoms with Gasteiger partial charge in [-0.1, -0.05) is 18.2 Å². The molecule has 3 nitrogen and oxygen atoms in total. The summed E-state index contributed by atoms with van der Waals surface area (Å²) in [5, 5.41) is 4.10. The van der Waals surface area contributed by atoms with Crippen molar-refractivity contribution >= 4 is 16.6 Å². The molecular weight excluding hydrogens is 188 g/mol. The maximum Gasteiger partial charge on any atom is 0.271 e. The average Bonchev–Trinajstić information content (AvgIpc) is 2.21. The van der Waals surface area contributed by atoms with Gasteiger partial charge in [-0.15, -0.1) is 0 Å². The number of hydrogen-bond donors (Lipinski definition) is 2. The average molecular weight is 202 g/mol. The van der Waals surface area contributed by atoms with Crippen molar-refractivity contribution in [2.45, 2.75) is 13.8 Å². The first-order valence-corrected chi connectivity index (χ1v) is 5.09. The number of fused-ring (bicyclic) bond motifs is 1. The van der Waals surface area contributed by atoms with Crippen LogP contribution in [0.2, 0.25) is 0 Å². The number of benzene rings is 1. The summed E-state index contributed by atoms with van der Waals surface area (Å²) in [6, 6.07) is 7.88. The fraction of sp³-hybridized carbons (Fsp3) is 0.250. The number of rotatable bonds is 2. The van der Waals surface area contributed by atoms with E-state index in [0.29, 0.717) is 5.69 Å². The highest BCUT2D eigenvalue weighted by molar-refractivity contribution is 5.84. The first-order valence-electron chi connectivity index (χ1n) is 5.09. The normalized spacial score (nSPS) is 10.5. The molecule has 0 saturated heterocycles. The molecule has 78 valence electrons. The van der Waals surface area contributed by atoms with Gasteiger partial charge in [0.05, 0.1) is 5.52 Å². The lowest BCUT2D eigenvalue weighted by Gasteiger charge is -2.05. The molecule has 1 heterocycles. The number of nitrogens with one attached hydrogen (secondary N) is 2. The van der Waals surface area contributed by atoms with Crippen molar-refractivity contribution in [3.8, 4) is 0 Å². The van der Waals surface area contributed by atoms with Gasteiger partial charge in [-0.2, -0.15) is 0 Å². The van der Waals surface area contributed by atoms with Gasteiger partial charge in [0.15, 0.2) is 0 Å². The summed E-state index contributed by atoms with van der Waals surface area (Å²) in [4.78, 5) is 14.6. The molecule has 0 atom stereocenters. The van der Waals surface area contributed by atoms with Gasteiger partial charge in [0.2, 0.25) is 0 Å². The van der Waals surface area contributed by atoms with Crippen LogP contribution in [-0.4, -0.2) is 11.5 Å². The smallest absolute Gasteiger partial charge is 0.271 e. The SMILES string of the molecule is CCNc1cc2cccc(C)c2[nH]c1=O. The van der Waals surface area contributed by atoms with Gasteiger partial charge in [-0.25, -0.2) is 0 Å². The van der Waals surface area contributed by atoms with Gasteiger partial charge >= 0.3 is 0 Å². The van der Waals surface area contributed by atoms with E-state index in [4.69, 9.17) is 0 Å². The number of anilines is 1. The largest absolute Gasteiger partial charge is 0.381 e. The third-order valence-electron chi connectivity index (χ3n) is 2.46. The molecule has 0 aliphatic carbocycles. The fourth-order valence-corrected chi connectivity index (χ4v) is 1.71. The Morgan fingerprint density at radius 2 is 2.20 bits per heavy atom. The van der Waals surface area contributed by atoms with Crippen LogP contribution in [-0.2, 0) is 0 Å². The lowest BCUT2D eigenvalue weighted by atomic mass is 10.1. The van der Waals surface area contributed by atoms with E-state index in [-0.39, 0.29) is 5.56 Å². The van der Waals surface area contributed by atoms with Crippen molar-refractivity contribution in [1.29, 1.82) is 0 Å². The predicted molar refractivity (Wildman–Crippen MR) is 63.5 cm³/mol. The molecule has 0 amide bonds. The van der Waals surface area contributed by atoms with Gasteiger partial charge in [0.25, 0.3) is 5.56 Å². The van der Waals surface area contributed by atoms with Crippen LogP contribution in [0.15, 0.2) is 29.1 Å². The lowest BCUT2D eigenvalue weighted by molar-refractivity contribution is 1.18. The zero-order valence-corrected chi connectivity index (χ0v) is 8.92. The Balaban J connectivity index is 2.71. The minimum Gasteiger partial charge on any atom is -0.381 e. The third kappa shape index (κ3) is 1.73. The highest BCUT2D eigenvalue weighted by atomic mass is 16.1. The highest BCUT2D eigenvalue weighted by Gasteiger charge is 2.02. The second-order valence-corrected chi connectivity index (χ2v) is 3.58. The molecule has 1 aromatic carbocycles. The van der Waals surface area contributed by atoms with E-state index in [1.807, 2.05) is 38.1 Å². The Kier molecular flexibility index (Phi) is 2.46. The van der Waals surface area contributed by atoms with E-state index in [1.165, 1.54) is 0 Å². The standard InChI is InChI=1S/C12H14N2O/c1-3-13-10-7-9-6-4-5-8(2)11(9)14-12(10)15/h4-7,13H,3H2,1-2H3,(H,14,15). The Morgan fingerprint density at radius 3 is 2.93 bits per heavy atom. The quantitative estimate of drug-likeness (QED) is 0.784. The van der Waals surface area contributed by atoms with Gasteiger partial charge in [-0.3, -0.25) is 4.79 Å². The van der Waals surface area contributed by atoms with Gasteiger partial charge < -0.3 is 10.3 Å². The number of aromatic nitrogens is 1. The van der Waals surface area contributed by atoms with Crippen LogP contribution in [0.5, 0.6) is 0 Å². The van der Waals surface area contributed by atoms with Crippen LogP contribution < -0.4 is 10.9 Å². The Hall–Kier alpha value is -1.77. The number of pyridine rings is 1. The molecule has 2 N–H and O–H groups in total. The van der Waals surface area contributed by atoms with E-state index in [1.54, 1.807) is 0 Å². The molecule has 1 aromatic heterocycles. The highest BCUT2D eigenvalue weighted by Crippen LogP contribution is 2.16. The molecule has 0 fully saturated rings. The molecule has 0 saturated carbocycles. The maximum atomic E-state index is 11.7. The van der Waals surface area contributed by atoms with Crippen LogP contribution in [0.1, 0.15) is 12.5 Å². The molecule has 2 aromatic rings. The molecule has 3 heteroatoms. The van der Waals surface area contributed by atoms with Crippen molar-refractivity contribution in [3.05, 3.63) is 40.2 Å². The summed E-state index contributed by atoms with van der Waals surface area (Å²) in [5.41, 5.74) is 2.59. The summed E-state index contributed by atoms with van der Waals surface area (Å²) < 4.78 is 0. The molecular formula is C12H14N2O. The van der Waals surface area contributed by atoms with Gasteiger partial charge in [0, 0.05) is 11.9 Å². The fourth-order valence-electron chi connectivity index (χ4n) is 1.71. The molecule has 2 rings (SSSR count). The van der Waals surface area contributed by atoms with Crippen molar-refractivity contribution < 1.29 is 0 Å². The summed E-state index contributed by atoms with van der Waals surface area (Å²) in [6.07, 6.45) is 0. The van der Waals surface area contributed by atoms with Crippen LogP contribution in [0.4, 0.5) is 5.69 Å². The Bertz CT molecular complexity index is 543. The molecule has 0 bridgehead atoms. The second-order valence-electron chi connectivity index (χ2n) is 3.58. The minimum atomic E-state index is -0.0568. The number of aromatic amines is 1. The van der Waals surface area contributed by atoms with Crippen molar-refractivity contribution in [2.24, 2.45) is 0 Å². The molecule has 0 aliphatic heterocycles. The van der Waals surface area contributed by atoms with Gasteiger partial charge in [0.1, 0.15) is 5.69 Å². The van der Waals surface area contributed by atoms with Crippen molar-refractivity contribution in [3.63, 3.8) is 0 Å². The lowest BCUT2D eigenvalue weighted by Crippen LogP contribution is -2.13. The molecule has 0 aliphatic rings. The van der Waals surface area contributed by atoms with Crippen molar-refractivity contribution in [1.82, 2.24) is 4.98 Å². The zero-order chi connectivity index (χ0) is 10.8. The Labute approximate surface area is 88.1 Å². The molecule has 0 unspecified atom stereocenters. The number of aryl methyl sites for hydroxylation is 1. The summed E-state index contributed by atoms with van der Waals surface area (Å²) >= 11 is 0. The second kappa shape index (κ2) is 3.77. The predicted octanol–water partition coefficient (Wildman–Crippen LogP) is 2.27. The topological polar surface area (TPSA) is 44.9 Å². The zero-order valence-electron chi connectivity index (χ0n) is 8.92. The monoisotopic (exact) mass is 202 g/mol. The van der Waals surface area contributed by atoms with E-state index in [9.17, 15) is 4.79 Å². The first-order chi connectivity index (χ1) is 7.22. The molecule has 0 spiro atoms. The van der Waals surface area contributed by atoms with E-state index < -0.39 is 0 Å². The number of H-pyrrole nitrogens is 1. The molecule has 0 radical (unpaired) electrons. The van der Waals surface area contributed by atoms with Crippen LogP contribution in [0.25, 0.3) is 10.9 Å². The molecule has 15 heavy (non-hydrogen) atoms. The van der Waals surface area contributed by atoms with E-state index >= 15 is 0 Å². The van der Waals surface area contributed by atoms with Gasteiger partial charge in [-0.05, 0) is 25.5 Å². The number of para-hydroxylation sites is 1. The van der Waals surface area contributed by atoms with Crippen LogP contribution >= 0.6 is 0 Å². The van der Waals surface area contributed by atoms with Crippen LogP contribution in [0.3, 0.4) is 0 Å². The van der Waals surface area contributed by atoms with Crippen LogP contribution in [0, 0.1) is 6.92 Å². The number of hydrogen-bond acceptors (Lipinski definition) is 2. The summed E-state index contributed by atoms with van der Waals surface area (Å²) in [5.74, 6) is 0. The first kappa shape index (κ1) is 9.77. The third-order valence-corrected chi connectivity index (χ3v) is 2.46. The summed E-state index contributed by atoms with van der Waals surface area (Å²) in [6.45, 7) is 4.71. The summed E-state index contributed by atoms with van der Waals surface area (Å²) in [7, 11) is 0. The van der Waals surface area contributed by atoms with Crippen molar-refractivity contribution in [2.75, 3.05) is 11.9 Å².